The SMILES string of the molecule is C[C@@H](c1ccco1)N(C(=O)COc1ccccc1[N+](=O)[O-])c1ccccn1. The first-order valence-corrected chi connectivity index (χ1v) is 8.20. The van der Waals surface area contributed by atoms with Crippen LogP contribution in [0.25, 0.3) is 0 Å². The smallest absolute Gasteiger partial charge is 0.310 e. The number of furan rings is 1. The molecular weight excluding hydrogens is 350 g/mol. The van der Waals surface area contributed by atoms with E-state index in [0.29, 0.717) is 11.6 Å². The standard InChI is InChI=1S/C19H17N3O5/c1-14(16-9-6-12-26-16)21(18-10-4-5-11-20-18)19(23)13-27-17-8-3-2-7-15(17)22(24)25/h2-12,14H,13H2,1H3/t14-/m0/s1. The van der Waals surface area contributed by atoms with Crippen LogP contribution in [0.5, 0.6) is 5.75 Å². The van der Waals surface area contributed by atoms with Gasteiger partial charge in [0.1, 0.15) is 11.6 Å². The maximum Gasteiger partial charge on any atom is 0.310 e. The number of amides is 1. The highest BCUT2D eigenvalue weighted by molar-refractivity contribution is 5.94. The van der Waals surface area contributed by atoms with Crippen LogP contribution in [0, 0.1) is 10.1 Å². The second-order valence-electron chi connectivity index (χ2n) is 5.66. The molecule has 3 rings (SSSR count). The van der Waals surface area contributed by atoms with Crippen LogP contribution >= 0.6 is 0 Å². The van der Waals surface area contributed by atoms with Gasteiger partial charge in [0.25, 0.3) is 5.91 Å². The molecule has 0 aliphatic heterocycles. The van der Waals surface area contributed by atoms with E-state index >= 15 is 0 Å². The lowest BCUT2D eigenvalue weighted by molar-refractivity contribution is -0.385. The van der Waals surface area contributed by atoms with Gasteiger partial charge < -0.3 is 9.15 Å². The molecule has 1 aromatic carbocycles. The first-order valence-electron chi connectivity index (χ1n) is 8.20. The molecule has 1 atom stereocenters. The number of nitro benzene ring substituents is 1. The third-order valence-corrected chi connectivity index (χ3v) is 3.92. The average Bonchev–Trinajstić information content (AvgIpc) is 3.22. The molecule has 0 spiro atoms. The number of carbonyl (C=O) groups is 1. The minimum absolute atomic E-state index is 0.0301. The summed E-state index contributed by atoms with van der Waals surface area (Å²) in [5, 5.41) is 11.1. The number of carbonyl (C=O) groups excluding carboxylic acids is 1. The summed E-state index contributed by atoms with van der Waals surface area (Å²) < 4.78 is 10.8. The number of hydrogen-bond acceptors (Lipinski definition) is 6. The maximum absolute atomic E-state index is 12.9. The van der Waals surface area contributed by atoms with Crippen LogP contribution < -0.4 is 9.64 Å². The van der Waals surface area contributed by atoms with Crippen molar-refractivity contribution in [2.45, 2.75) is 13.0 Å². The number of aromatic nitrogens is 1. The molecule has 1 amide bonds. The zero-order valence-electron chi connectivity index (χ0n) is 14.5. The summed E-state index contributed by atoms with van der Waals surface area (Å²) in [5.41, 5.74) is -0.200. The summed E-state index contributed by atoms with van der Waals surface area (Å²) >= 11 is 0. The topological polar surface area (TPSA) is 98.7 Å². The van der Waals surface area contributed by atoms with Gasteiger partial charge in [0.05, 0.1) is 17.2 Å². The summed E-state index contributed by atoms with van der Waals surface area (Å²) in [6.07, 6.45) is 3.10. The normalized spacial score (nSPS) is 11.6. The number of nitro groups is 1. The van der Waals surface area contributed by atoms with Crippen molar-refractivity contribution < 1.29 is 18.9 Å². The Balaban J connectivity index is 1.83. The molecule has 0 saturated heterocycles. The quantitative estimate of drug-likeness (QED) is 0.466. The van der Waals surface area contributed by atoms with Crippen LogP contribution in [0.2, 0.25) is 0 Å². The van der Waals surface area contributed by atoms with Crippen LogP contribution in [-0.4, -0.2) is 22.4 Å². The summed E-state index contributed by atoms with van der Waals surface area (Å²) in [6, 6.07) is 14.2. The largest absolute Gasteiger partial charge is 0.477 e. The molecular formula is C19H17N3O5. The fourth-order valence-electron chi connectivity index (χ4n) is 2.63. The second kappa shape index (κ2) is 8.13. The number of ether oxygens (including phenoxy) is 1. The number of para-hydroxylation sites is 2. The number of hydrogen-bond donors (Lipinski definition) is 0. The van der Waals surface area contributed by atoms with Crippen LogP contribution in [0.3, 0.4) is 0 Å². The zero-order valence-corrected chi connectivity index (χ0v) is 14.5. The molecule has 3 aromatic rings. The van der Waals surface area contributed by atoms with Crippen LogP contribution in [0.4, 0.5) is 11.5 Å². The van der Waals surface area contributed by atoms with E-state index in [-0.39, 0.29) is 18.0 Å². The summed E-state index contributed by atoms with van der Waals surface area (Å²) in [6.45, 7) is 1.42. The van der Waals surface area contributed by atoms with E-state index in [9.17, 15) is 14.9 Å². The van der Waals surface area contributed by atoms with Crippen LogP contribution in [0.1, 0.15) is 18.7 Å². The Morgan fingerprint density at radius 3 is 2.67 bits per heavy atom. The van der Waals surface area contributed by atoms with Gasteiger partial charge in [-0.3, -0.25) is 19.8 Å². The van der Waals surface area contributed by atoms with Gasteiger partial charge in [-0.25, -0.2) is 4.98 Å². The van der Waals surface area contributed by atoms with Gasteiger partial charge in [-0.1, -0.05) is 18.2 Å². The van der Waals surface area contributed by atoms with Gasteiger partial charge in [-0.15, -0.1) is 0 Å². The van der Waals surface area contributed by atoms with Gasteiger partial charge in [0.15, 0.2) is 12.4 Å². The van der Waals surface area contributed by atoms with E-state index in [1.807, 2.05) is 0 Å². The molecule has 8 nitrogen and oxygen atoms in total. The predicted molar refractivity (Wildman–Crippen MR) is 97.4 cm³/mol. The van der Waals surface area contributed by atoms with Gasteiger partial charge in [0.2, 0.25) is 0 Å². The summed E-state index contributed by atoms with van der Waals surface area (Å²) in [7, 11) is 0. The van der Waals surface area contributed by atoms with Gasteiger partial charge in [-0.2, -0.15) is 0 Å². The molecule has 0 unspecified atom stereocenters. The third kappa shape index (κ3) is 4.12. The highest BCUT2D eigenvalue weighted by Crippen LogP contribution is 2.28. The van der Waals surface area contributed by atoms with E-state index in [4.69, 9.17) is 9.15 Å². The lowest BCUT2D eigenvalue weighted by Gasteiger charge is -2.27. The number of pyridine rings is 1. The lowest BCUT2D eigenvalue weighted by atomic mass is 10.2. The monoisotopic (exact) mass is 367 g/mol. The molecule has 8 heteroatoms. The predicted octanol–water partition coefficient (Wildman–Crippen LogP) is 3.76. The van der Waals surface area contributed by atoms with Gasteiger partial charge in [-0.05, 0) is 37.3 Å². The summed E-state index contributed by atoms with van der Waals surface area (Å²) in [4.78, 5) is 29.1. The molecule has 0 aliphatic carbocycles. The minimum atomic E-state index is -0.554. The Bertz CT molecular complexity index is 912. The van der Waals surface area contributed by atoms with Crippen LogP contribution in [0.15, 0.2) is 71.5 Å². The Morgan fingerprint density at radius 1 is 1.22 bits per heavy atom. The molecule has 0 fully saturated rings. The van der Waals surface area contributed by atoms with E-state index < -0.39 is 16.9 Å². The van der Waals surface area contributed by atoms with E-state index in [1.165, 1.54) is 29.4 Å². The molecule has 0 aliphatic rings. The number of benzene rings is 1. The van der Waals surface area contributed by atoms with Gasteiger partial charge in [0, 0.05) is 12.3 Å². The number of rotatable bonds is 7. The number of anilines is 1. The van der Waals surface area contributed by atoms with Crippen molar-refractivity contribution in [1.82, 2.24) is 4.98 Å². The minimum Gasteiger partial charge on any atom is -0.477 e. The average molecular weight is 367 g/mol. The number of nitrogens with zero attached hydrogens (tertiary/aromatic N) is 3. The van der Waals surface area contributed by atoms with Crippen LogP contribution in [-0.2, 0) is 4.79 Å². The molecule has 0 saturated carbocycles. The van der Waals surface area contributed by atoms with Crippen molar-refractivity contribution in [3.05, 3.63) is 82.9 Å². The third-order valence-electron chi connectivity index (χ3n) is 3.92. The maximum atomic E-state index is 12.9. The van der Waals surface area contributed by atoms with E-state index in [0.717, 1.165) is 0 Å². The van der Waals surface area contributed by atoms with E-state index in [1.54, 1.807) is 49.5 Å². The first-order chi connectivity index (χ1) is 13.1. The Labute approximate surface area is 155 Å². The van der Waals surface area contributed by atoms with Crippen molar-refractivity contribution >= 4 is 17.4 Å². The van der Waals surface area contributed by atoms with Crippen molar-refractivity contribution in [3.63, 3.8) is 0 Å². The lowest BCUT2D eigenvalue weighted by Crippen LogP contribution is -2.37. The molecule has 0 radical (unpaired) electrons. The molecule has 0 N–H and O–H groups in total. The fourth-order valence-corrected chi connectivity index (χ4v) is 2.63. The Kier molecular flexibility index (Phi) is 5.46. The highest BCUT2D eigenvalue weighted by atomic mass is 16.6. The molecule has 27 heavy (non-hydrogen) atoms. The van der Waals surface area contributed by atoms with Crippen molar-refractivity contribution in [3.8, 4) is 5.75 Å². The zero-order chi connectivity index (χ0) is 19.2. The fraction of sp³-hybridized carbons (Fsp3) is 0.158. The van der Waals surface area contributed by atoms with E-state index in [2.05, 4.69) is 4.98 Å². The van der Waals surface area contributed by atoms with Crippen molar-refractivity contribution in [2.75, 3.05) is 11.5 Å². The first kappa shape index (κ1) is 18.1. The highest BCUT2D eigenvalue weighted by Gasteiger charge is 2.27. The molecule has 2 heterocycles. The molecule has 0 bridgehead atoms. The van der Waals surface area contributed by atoms with Crippen molar-refractivity contribution in [1.29, 1.82) is 0 Å². The summed E-state index contributed by atoms with van der Waals surface area (Å²) in [5.74, 6) is 0.635. The Morgan fingerprint density at radius 2 is 2.00 bits per heavy atom. The van der Waals surface area contributed by atoms with Crippen molar-refractivity contribution in [2.24, 2.45) is 0 Å². The second-order valence-corrected chi connectivity index (χ2v) is 5.66. The molecule has 2 aromatic heterocycles. The Hall–Kier alpha value is -3.68. The molecule has 138 valence electrons. The van der Waals surface area contributed by atoms with Gasteiger partial charge >= 0.3 is 5.69 Å².